The zero-order valence-electron chi connectivity index (χ0n) is 7.47. The van der Waals surface area contributed by atoms with E-state index in [0.29, 0.717) is 0 Å². The lowest BCUT2D eigenvalue weighted by molar-refractivity contribution is 0.340. The Morgan fingerprint density at radius 1 is 1.23 bits per heavy atom. The molecular weight excluding hydrogens is 162 g/mol. The van der Waals surface area contributed by atoms with Crippen LogP contribution >= 0.6 is 0 Å². The third-order valence-corrected chi connectivity index (χ3v) is 1.99. The largest absolute Gasteiger partial charge is 0.503 e. The summed E-state index contributed by atoms with van der Waals surface area (Å²) in [4.78, 5) is 0. The molecule has 0 fully saturated rings. The van der Waals surface area contributed by atoms with E-state index >= 15 is 0 Å². The van der Waals surface area contributed by atoms with Crippen LogP contribution in [0.25, 0.3) is 17.1 Å². The topological polar surface area (TPSA) is 14.2 Å². The molecule has 0 aliphatic heterocycles. The van der Waals surface area contributed by atoms with Crippen molar-refractivity contribution in [3.8, 4) is 0 Å². The molecule has 0 unspecified atom stereocenters. The molecule has 0 saturated carbocycles. The maximum Gasteiger partial charge on any atom is 0.0990 e. The fraction of sp³-hybridized carbons (Fsp3) is 0.0909. The van der Waals surface area contributed by atoms with E-state index in [4.69, 9.17) is 4.74 Å². The van der Waals surface area contributed by atoms with Gasteiger partial charge in [0.25, 0.3) is 0 Å². The number of nitrogens with zero attached hydrogens (tertiary/aromatic N) is 1. The average molecular weight is 173 g/mol. The van der Waals surface area contributed by atoms with Crippen LogP contribution in [0.1, 0.15) is 0 Å². The minimum absolute atomic E-state index is 1.19. The van der Waals surface area contributed by atoms with Crippen LogP contribution in [-0.2, 0) is 4.74 Å². The number of rotatable bonds is 2. The summed E-state index contributed by atoms with van der Waals surface area (Å²) >= 11 is 0. The van der Waals surface area contributed by atoms with Gasteiger partial charge in [0.2, 0.25) is 0 Å². The lowest BCUT2D eigenvalue weighted by Crippen LogP contribution is -1.82. The van der Waals surface area contributed by atoms with Crippen molar-refractivity contribution in [3.63, 3.8) is 0 Å². The summed E-state index contributed by atoms with van der Waals surface area (Å²) in [6.07, 6.45) is 5.56. The molecule has 13 heavy (non-hydrogen) atoms. The van der Waals surface area contributed by atoms with Gasteiger partial charge in [-0.2, -0.15) is 0 Å². The first-order valence-corrected chi connectivity index (χ1v) is 4.17. The number of aromatic nitrogens is 1. The average Bonchev–Trinajstić information content (AvgIpc) is 2.58. The van der Waals surface area contributed by atoms with E-state index < -0.39 is 0 Å². The second kappa shape index (κ2) is 3.35. The molecule has 2 heteroatoms. The molecule has 0 bridgehead atoms. The molecule has 0 aliphatic carbocycles. The molecule has 0 atom stereocenters. The molecule has 2 nitrogen and oxygen atoms in total. The zero-order valence-corrected chi connectivity index (χ0v) is 7.47. The van der Waals surface area contributed by atoms with Crippen molar-refractivity contribution in [1.29, 1.82) is 0 Å². The highest BCUT2D eigenvalue weighted by atomic mass is 16.5. The van der Waals surface area contributed by atoms with Crippen LogP contribution in [-0.4, -0.2) is 11.7 Å². The monoisotopic (exact) mass is 173 g/mol. The zero-order chi connectivity index (χ0) is 9.10. The van der Waals surface area contributed by atoms with Gasteiger partial charge < -0.3 is 9.30 Å². The summed E-state index contributed by atoms with van der Waals surface area (Å²) in [7, 11) is 1.64. The maximum absolute atomic E-state index is 4.86. The molecular formula is C11H11NO. The molecule has 0 amide bonds. The van der Waals surface area contributed by atoms with E-state index in [0.717, 1.165) is 0 Å². The number of fused-ring (bicyclic) bond motifs is 1. The molecule has 0 aliphatic rings. The van der Waals surface area contributed by atoms with Crippen molar-refractivity contribution < 1.29 is 4.74 Å². The van der Waals surface area contributed by atoms with Crippen molar-refractivity contribution in [3.05, 3.63) is 42.8 Å². The second-order valence-corrected chi connectivity index (χ2v) is 2.80. The summed E-state index contributed by atoms with van der Waals surface area (Å²) in [6, 6.07) is 10.3. The number of ether oxygens (including phenoxy) is 1. The molecule has 0 saturated heterocycles. The second-order valence-electron chi connectivity index (χ2n) is 2.80. The first kappa shape index (κ1) is 7.92. The van der Waals surface area contributed by atoms with Crippen molar-refractivity contribution in [2.24, 2.45) is 0 Å². The highest BCUT2D eigenvalue weighted by molar-refractivity contribution is 5.81. The minimum Gasteiger partial charge on any atom is -0.503 e. The number of hydrogen-bond acceptors (Lipinski definition) is 1. The first-order chi connectivity index (χ1) is 6.42. The Balaban J connectivity index is 2.52. The van der Waals surface area contributed by atoms with Crippen LogP contribution in [0.15, 0.2) is 42.8 Å². The lowest BCUT2D eigenvalue weighted by atomic mass is 10.2. The van der Waals surface area contributed by atoms with Crippen LogP contribution in [0.4, 0.5) is 0 Å². The van der Waals surface area contributed by atoms with Crippen LogP contribution in [0.2, 0.25) is 0 Å². The Kier molecular flexibility index (Phi) is 2.04. The van der Waals surface area contributed by atoms with Gasteiger partial charge in [-0.05, 0) is 17.5 Å². The highest BCUT2D eigenvalue weighted by Crippen LogP contribution is 2.14. The Hall–Kier alpha value is -1.70. The molecule has 0 spiro atoms. The van der Waals surface area contributed by atoms with Crippen molar-refractivity contribution in [2.45, 2.75) is 0 Å². The Morgan fingerprint density at radius 2 is 2.08 bits per heavy atom. The van der Waals surface area contributed by atoms with Gasteiger partial charge >= 0.3 is 0 Å². The lowest BCUT2D eigenvalue weighted by Gasteiger charge is -1.96. The molecule has 0 N–H and O–H groups in total. The third-order valence-electron chi connectivity index (χ3n) is 1.99. The predicted molar refractivity (Wildman–Crippen MR) is 54.3 cm³/mol. The van der Waals surface area contributed by atoms with Gasteiger partial charge in [0.15, 0.2) is 0 Å². The van der Waals surface area contributed by atoms with Gasteiger partial charge in [-0.15, -0.1) is 0 Å². The van der Waals surface area contributed by atoms with Crippen molar-refractivity contribution in [1.82, 2.24) is 4.57 Å². The van der Waals surface area contributed by atoms with Crippen molar-refractivity contribution in [2.75, 3.05) is 7.11 Å². The molecule has 2 rings (SSSR count). The Labute approximate surface area is 77.1 Å². The van der Waals surface area contributed by atoms with E-state index in [-0.39, 0.29) is 0 Å². The van der Waals surface area contributed by atoms with E-state index in [1.165, 1.54) is 10.9 Å². The maximum atomic E-state index is 4.86. The minimum atomic E-state index is 1.19. The molecule has 0 radical (unpaired) electrons. The summed E-state index contributed by atoms with van der Waals surface area (Å²) in [6.45, 7) is 0. The van der Waals surface area contributed by atoms with E-state index in [9.17, 15) is 0 Å². The molecule has 2 aromatic rings. The molecule has 1 aromatic carbocycles. The van der Waals surface area contributed by atoms with Gasteiger partial charge in [-0.3, -0.25) is 0 Å². The first-order valence-electron chi connectivity index (χ1n) is 4.17. The van der Waals surface area contributed by atoms with Crippen LogP contribution in [0.3, 0.4) is 0 Å². The van der Waals surface area contributed by atoms with E-state index in [2.05, 4.69) is 18.2 Å². The number of hydrogen-bond donors (Lipinski definition) is 0. The van der Waals surface area contributed by atoms with Gasteiger partial charge in [0, 0.05) is 12.4 Å². The standard InChI is InChI=1S/C11H11NO/c1-13-9-8-12-7-6-10-4-2-3-5-11(10)12/h2-9H,1H3. The number of benzene rings is 1. The molecule has 1 aromatic heterocycles. The fourth-order valence-electron chi connectivity index (χ4n) is 1.36. The van der Waals surface area contributed by atoms with Gasteiger partial charge in [0.05, 0.1) is 18.9 Å². The van der Waals surface area contributed by atoms with Crippen LogP contribution < -0.4 is 0 Å². The summed E-state index contributed by atoms with van der Waals surface area (Å²) in [5, 5.41) is 1.24. The number of methoxy groups -OCH3 is 1. The summed E-state index contributed by atoms with van der Waals surface area (Å²) < 4.78 is 6.89. The Bertz CT molecular complexity index is 428. The normalized spacial score (nSPS) is 11.2. The summed E-state index contributed by atoms with van der Waals surface area (Å²) in [5.41, 5.74) is 1.19. The molecule has 66 valence electrons. The number of para-hydroxylation sites is 1. The third kappa shape index (κ3) is 1.43. The smallest absolute Gasteiger partial charge is 0.0990 e. The highest BCUT2D eigenvalue weighted by Gasteiger charge is 1.94. The van der Waals surface area contributed by atoms with E-state index in [1.54, 1.807) is 13.4 Å². The predicted octanol–water partition coefficient (Wildman–Crippen LogP) is 2.72. The summed E-state index contributed by atoms with van der Waals surface area (Å²) in [5.74, 6) is 0. The van der Waals surface area contributed by atoms with Crippen LogP contribution in [0.5, 0.6) is 0 Å². The van der Waals surface area contributed by atoms with E-state index in [1.807, 2.05) is 29.1 Å². The quantitative estimate of drug-likeness (QED) is 0.637. The van der Waals surface area contributed by atoms with Crippen LogP contribution in [0, 0.1) is 0 Å². The van der Waals surface area contributed by atoms with Gasteiger partial charge in [0.1, 0.15) is 0 Å². The Morgan fingerprint density at radius 3 is 2.92 bits per heavy atom. The van der Waals surface area contributed by atoms with Crippen molar-refractivity contribution >= 4 is 17.1 Å². The SMILES string of the molecule is COC=Cn1ccc2ccccc21. The fourth-order valence-corrected chi connectivity index (χ4v) is 1.36. The van der Waals surface area contributed by atoms with Gasteiger partial charge in [-0.25, -0.2) is 0 Å². The molecule has 1 heterocycles. The van der Waals surface area contributed by atoms with Gasteiger partial charge in [-0.1, -0.05) is 18.2 Å².